The van der Waals surface area contributed by atoms with Gasteiger partial charge in [0, 0.05) is 41.0 Å². The highest BCUT2D eigenvalue weighted by Gasteiger charge is 2.43. The molecule has 0 saturated heterocycles. The van der Waals surface area contributed by atoms with Crippen molar-refractivity contribution in [3.63, 3.8) is 0 Å². The van der Waals surface area contributed by atoms with Gasteiger partial charge in [0.05, 0.1) is 29.9 Å². The molecular weight excluding hydrogens is 686 g/mol. The Morgan fingerprint density at radius 3 is 2.54 bits per heavy atom. The van der Waals surface area contributed by atoms with E-state index in [1.54, 1.807) is 41.3 Å². The molecule has 0 heterocycles. The van der Waals surface area contributed by atoms with Crippen LogP contribution in [-0.4, -0.2) is 70.5 Å². The average molecular weight is 719 g/mol. The smallest absolute Gasteiger partial charge is 0.247 e. The van der Waals surface area contributed by atoms with Crippen LogP contribution in [0.3, 0.4) is 0 Å². The number of amides is 2. The number of aliphatic hydroxyl groups excluding tert-OH is 3. The number of methoxy groups -OCH3 is 1. The summed E-state index contributed by atoms with van der Waals surface area (Å²) in [5, 5.41) is 34.1. The lowest BCUT2D eigenvalue weighted by Crippen LogP contribution is -2.56. The standard InChI is InChI=1S/C29H33Cl2IN2O7/c1-40-25-10-16(15-36)9-22(32)27(25)41-24-12-19(28(38)33-7-8-35)11-23(26(24)37)34(29(39)17-3-2-4-17)14-18-5-6-20(30)13-21(18)31/h5-6,9-10,12-13,17,23-24,26,35-37H,2-4,7-8,11,14-15H2,1H3,(H,33,38). The summed E-state index contributed by atoms with van der Waals surface area (Å²) in [6.07, 6.45) is 1.82. The first-order valence-corrected chi connectivity index (χ1v) is 15.2. The second-order valence-corrected chi connectivity index (χ2v) is 12.1. The number of aliphatic hydroxyl groups is 3. The molecule has 9 nitrogen and oxygen atoms in total. The summed E-state index contributed by atoms with van der Waals surface area (Å²) in [6.45, 7) is -0.272. The maximum Gasteiger partial charge on any atom is 0.247 e. The SMILES string of the molecule is COc1cc(CO)cc(I)c1OC1C=C(C(=O)NCCO)CC(N(Cc2ccc(Cl)cc2Cl)C(=O)C2CCC2)C1O. The molecular formula is C29H33Cl2IN2O7. The van der Waals surface area contributed by atoms with Crippen LogP contribution in [0.2, 0.25) is 10.0 Å². The largest absolute Gasteiger partial charge is 0.493 e. The van der Waals surface area contributed by atoms with Crippen LogP contribution in [0.4, 0.5) is 0 Å². The second-order valence-electron chi connectivity index (χ2n) is 10.1. The summed E-state index contributed by atoms with van der Waals surface area (Å²) >= 11 is 14.6. The fourth-order valence-corrected chi connectivity index (χ4v) is 6.24. The van der Waals surface area contributed by atoms with Gasteiger partial charge in [-0.3, -0.25) is 9.59 Å². The first-order chi connectivity index (χ1) is 19.7. The molecule has 0 radical (unpaired) electrons. The quantitative estimate of drug-likeness (QED) is 0.260. The van der Waals surface area contributed by atoms with E-state index < -0.39 is 24.2 Å². The predicted molar refractivity (Wildman–Crippen MR) is 163 cm³/mol. The van der Waals surface area contributed by atoms with Gasteiger partial charge in [0.2, 0.25) is 11.8 Å². The number of carbonyl (C=O) groups is 2. The van der Waals surface area contributed by atoms with Gasteiger partial charge < -0.3 is 35.0 Å². The summed E-state index contributed by atoms with van der Waals surface area (Å²) in [7, 11) is 1.47. The van der Waals surface area contributed by atoms with Gasteiger partial charge in [0.25, 0.3) is 0 Å². The van der Waals surface area contributed by atoms with Crippen molar-refractivity contribution >= 4 is 57.6 Å². The summed E-state index contributed by atoms with van der Waals surface area (Å²) in [5.41, 5.74) is 1.59. The Bertz CT molecular complexity index is 1300. The fourth-order valence-electron chi connectivity index (χ4n) is 4.98. The van der Waals surface area contributed by atoms with Crippen LogP contribution in [0.1, 0.15) is 36.8 Å². The zero-order valence-corrected chi connectivity index (χ0v) is 26.2. The maximum absolute atomic E-state index is 13.8. The molecule has 2 amide bonds. The number of rotatable bonds is 11. The molecule has 0 aromatic heterocycles. The average Bonchev–Trinajstić information content (AvgIpc) is 2.92. The molecule has 2 aliphatic carbocycles. The highest BCUT2D eigenvalue weighted by atomic mass is 127. The number of halogens is 3. The van der Waals surface area contributed by atoms with Crippen LogP contribution in [0.25, 0.3) is 0 Å². The Morgan fingerprint density at radius 1 is 1.17 bits per heavy atom. The van der Waals surface area contributed by atoms with Crippen LogP contribution in [-0.2, 0) is 22.7 Å². The Labute approximate surface area is 262 Å². The van der Waals surface area contributed by atoms with Crippen LogP contribution in [0, 0.1) is 9.49 Å². The van der Waals surface area contributed by atoms with Gasteiger partial charge in [-0.15, -0.1) is 0 Å². The van der Waals surface area contributed by atoms with Gasteiger partial charge in [0.1, 0.15) is 12.2 Å². The monoisotopic (exact) mass is 718 g/mol. The van der Waals surface area contributed by atoms with Crippen molar-refractivity contribution in [3.05, 3.63) is 66.7 Å². The molecule has 1 saturated carbocycles. The van der Waals surface area contributed by atoms with E-state index in [-0.39, 0.29) is 44.5 Å². The third-order valence-corrected chi connectivity index (χ3v) is 8.82. The number of hydrogen-bond acceptors (Lipinski definition) is 7. The van der Waals surface area contributed by atoms with Crippen LogP contribution >= 0.6 is 45.8 Å². The molecule has 12 heteroatoms. The minimum absolute atomic E-state index is 0.0500. The van der Waals surface area contributed by atoms with E-state index in [4.69, 9.17) is 32.7 Å². The molecule has 3 unspecified atom stereocenters. The van der Waals surface area contributed by atoms with E-state index in [1.807, 2.05) is 0 Å². The molecule has 41 heavy (non-hydrogen) atoms. The van der Waals surface area contributed by atoms with E-state index in [0.29, 0.717) is 41.8 Å². The van der Waals surface area contributed by atoms with E-state index in [0.717, 1.165) is 19.3 Å². The minimum Gasteiger partial charge on any atom is -0.493 e. The molecule has 1 fully saturated rings. The summed E-state index contributed by atoms with van der Waals surface area (Å²) in [4.78, 5) is 28.5. The van der Waals surface area contributed by atoms with Crippen molar-refractivity contribution in [2.75, 3.05) is 20.3 Å². The molecule has 2 aliphatic rings. The maximum atomic E-state index is 13.8. The van der Waals surface area contributed by atoms with E-state index in [2.05, 4.69) is 27.9 Å². The number of nitrogens with zero attached hydrogens (tertiary/aromatic N) is 1. The fraction of sp³-hybridized carbons (Fsp3) is 0.448. The lowest BCUT2D eigenvalue weighted by Gasteiger charge is -2.43. The zero-order chi connectivity index (χ0) is 29.7. The van der Waals surface area contributed by atoms with Crippen molar-refractivity contribution in [1.29, 1.82) is 0 Å². The summed E-state index contributed by atoms with van der Waals surface area (Å²) in [6, 6.07) is 7.59. The van der Waals surface area contributed by atoms with Crippen LogP contribution < -0.4 is 14.8 Å². The summed E-state index contributed by atoms with van der Waals surface area (Å²) < 4.78 is 12.4. The number of benzene rings is 2. The summed E-state index contributed by atoms with van der Waals surface area (Å²) in [5.74, 6) is -0.0504. The Morgan fingerprint density at radius 2 is 1.93 bits per heavy atom. The third-order valence-electron chi connectivity index (χ3n) is 7.43. The number of nitrogens with one attached hydrogen (secondary N) is 1. The zero-order valence-electron chi connectivity index (χ0n) is 22.5. The van der Waals surface area contributed by atoms with Crippen molar-refractivity contribution < 1.29 is 34.4 Å². The van der Waals surface area contributed by atoms with Crippen molar-refractivity contribution in [1.82, 2.24) is 10.2 Å². The molecule has 4 N–H and O–H groups in total. The lowest BCUT2D eigenvalue weighted by molar-refractivity contribution is -0.146. The Hall–Kier alpha value is -2.09. The van der Waals surface area contributed by atoms with Gasteiger partial charge >= 0.3 is 0 Å². The van der Waals surface area contributed by atoms with E-state index >= 15 is 0 Å². The van der Waals surface area contributed by atoms with Gasteiger partial charge in [-0.05, 0) is 76.9 Å². The molecule has 3 atom stereocenters. The topological polar surface area (TPSA) is 129 Å². The molecule has 2 aromatic carbocycles. The first kappa shape index (κ1) is 31.8. The molecule has 0 spiro atoms. The Kier molecular flexibility index (Phi) is 11.2. The van der Waals surface area contributed by atoms with Gasteiger partial charge in [-0.25, -0.2) is 0 Å². The van der Waals surface area contributed by atoms with Crippen molar-refractivity contribution in [2.45, 2.75) is 57.1 Å². The normalized spacial score (nSPS) is 20.6. The highest BCUT2D eigenvalue weighted by Crippen LogP contribution is 2.38. The van der Waals surface area contributed by atoms with Gasteiger partial charge in [0.15, 0.2) is 11.5 Å². The van der Waals surface area contributed by atoms with Gasteiger partial charge in [-0.2, -0.15) is 0 Å². The van der Waals surface area contributed by atoms with Crippen molar-refractivity contribution in [2.24, 2.45) is 5.92 Å². The number of hydrogen-bond donors (Lipinski definition) is 4. The Balaban J connectivity index is 1.73. The third kappa shape index (κ3) is 7.47. The highest BCUT2D eigenvalue weighted by molar-refractivity contribution is 14.1. The van der Waals surface area contributed by atoms with Crippen LogP contribution in [0.5, 0.6) is 11.5 Å². The predicted octanol–water partition coefficient (Wildman–Crippen LogP) is 3.84. The molecule has 0 aliphatic heterocycles. The number of carbonyl (C=O) groups excluding carboxylic acids is 2. The number of ether oxygens (including phenoxy) is 2. The lowest BCUT2D eigenvalue weighted by atomic mass is 9.82. The molecule has 2 aromatic rings. The molecule has 0 bridgehead atoms. The van der Waals surface area contributed by atoms with Crippen LogP contribution in [0.15, 0.2) is 42.0 Å². The first-order valence-electron chi connectivity index (χ1n) is 13.3. The second kappa shape index (κ2) is 14.4. The molecule has 222 valence electrons. The van der Waals surface area contributed by atoms with Crippen molar-refractivity contribution in [3.8, 4) is 11.5 Å². The van der Waals surface area contributed by atoms with E-state index in [9.17, 15) is 24.9 Å². The molecule has 4 rings (SSSR count). The van der Waals surface area contributed by atoms with Gasteiger partial charge in [-0.1, -0.05) is 35.7 Å². The van der Waals surface area contributed by atoms with E-state index in [1.165, 1.54) is 7.11 Å². The minimum atomic E-state index is -1.21.